The molecule has 2 aromatic heterocycles. The molecule has 3 aromatic rings. The molecule has 8 nitrogen and oxygen atoms in total. The predicted octanol–water partition coefficient (Wildman–Crippen LogP) is 3.91. The van der Waals surface area contributed by atoms with Crippen molar-refractivity contribution in [1.29, 1.82) is 10.5 Å². The summed E-state index contributed by atoms with van der Waals surface area (Å²) in [6.45, 7) is 5.81. The summed E-state index contributed by atoms with van der Waals surface area (Å²) in [5.41, 5.74) is 2.88. The van der Waals surface area contributed by atoms with Crippen molar-refractivity contribution in [2.75, 3.05) is 17.2 Å². The lowest BCUT2D eigenvalue weighted by Gasteiger charge is -2.15. The number of anilines is 3. The molecule has 2 N–H and O–H groups in total. The van der Waals surface area contributed by atoms with E-state index >= 15 is 0 Å². The highest BCUT2D eigenvalue weighted by molar-refractivity contribution is 5.66. The van der Waals surface area contributed by atoms with E-state index < -0.39 is 0 Å². The van der Waals surface area contributed by atoms with E-state index in [4.69, 9.17) is 10.00 Å². The molecule has 0 saturated carbocycles. The Hall–Kier alpha value is -4.04. The molecule has 0 aliphatic carbocycles. The van der Waals surface area contributed by atoms with Crippen molar-refractivity contribution in [2.45, 2.75) is 26.8 Å². The number of imidazole rings is 1. The van der Waals surface area contributed by atoms with Crippen LogP contribution in [0.4, 0.5) is 17.3 Å². The number of benzene rings is 1. The van der Waals surface area contributed by atoms with Gasteiger partial charge in [0.2, 0.25) is 0 Å². The highest BCUT2D eigenvalue weighted by Crippen LogP contribution is 2.29. The highest BCUT2D eigenvalue weighted by atomic mass is 16.5. The second kappa shape index (κ2) is 8.77. The monoisotopic (exact) mass is 387 g/mol. The van der Waals surface area contributed by atoms with Crippen LogP contribution in [0.1, 0.15) is 25.1 Å². The van der Waals surface area contributed by atoms with Gasteiger partial charge >= 0.3 is 0 Å². The normalized spacial score (nSPS) is 10.3. The summed E-state index contributed by atoms with van der Waals surface area (Å²) in [4.78, 5) is 8.74. The van der Waals surface area contributed by atoms with Crippen LogP contribution in [-0.4, -0.2) is 27.2 Å². The van der Waals surface area contributed by atoms with Gasteiger partial charge < -0.3 is 19.9 Å². The number of rotatable bonds is 7. The van der Waals surface area contributed by atoms with Gasteiger partial charge in [-0.1, -0.05) is 0 Å². The summed E-state index contributed by atoms with van der Waals surface area (Å²) in [6, 6.07) is 13.3. The number of hydrogen-bond acceptors (Lipinski definition) is 7. The Balaban J connectivity index is 1.91. The number of nitriles is 2. The average molecular weight is 387 g/mol. The van der Waals surface area contributed by atoms with Crippen molar-refractivity contribution in [3.05, 3.63) is 54.1 Å². The first-order valence-corrected chi connectivity index (χ1v) is 9.09. The van der Waals surface area contributed by atoms with Gasteiger partial charge in [0.05, 0.1) is 23.3 Å². The minimum absolute atomic E-state index is 0.0678. The largest absolute Gasteiger partial charge is 0.476 e. The zero-order valence-corrected chi connectivity index (χ0v) is 16.5. The van der Waals surface area contributed by atoms with E-state index in [0.717, 1.165) is 17.1 Å². The summed E-state index contributed by atoms with van der Waals surface area (Å²) < 4.78 is 7.46. The SMILES string of the molecule is Cc1cn(-c2ccc(Nc3ccc(C#N)c(NC(C)C)n3)cc2OCC#N)cn1. The fourth-order valence-electron chi connectivity index (χ4n) is 2.73. The zero-order chi connectivity index (χ0) is 20.8. The van der Waals surface area contributed by atoms with E-state index in [1.165, 1.54) is 0 Å². The summed E-state index contributed by atoms with van der Waals surface area (Å²) in [5, 5.41) is 24.6. The van der Waals surface area contributed by atoms with Crippen LogP contribution in [0.2, 0.25) is 0 Å². The van der Waals surface area contributed by atoms with Gasteiger partial charge in [-0.25, -0.2) is 9.97 Å². The van der Waals surface area contributed by atoms with Gasteiger partial charge in [-0.3, -0.25) is 0 Å². The molecule has 0 bridgehead atoms. The van der Waals surface area contributed by atoms with Crippen LogP contribution in [0.25, 0.3) is 5.69 Å². The molecule has 0 amide bonds. The van der Waals surface area contributed by atoms with Gasteiger partial charge in [0.1, 0.15) is 29.5 Å². The molecule has 0 spiro atoms. The summed E-state index contributed by atoms with van der Waals surface area (Å²) in [7, 11) is 0. The van der Waals surface area contributed by atoms with Crippen LogP contribution < -0.4 is 15.4 Å². The van der Waals surface area contributed by atoms with E-state index in [1.807, 2.05) is 49.7 Å². The third-order valence-corrected chi connectivity index (χ3v) is 3.96. The second-order valence-electron chi connectivity index (χ2n) is 6.68. The van der Waals surface area contributed by atoms with Crippen LogP contribution in [0, 0.1) is 29.6 Å². The summed E-state index contributed by atoms with van der Waals surface area (Å²) >= 11 is 0. The Kier molecular flexibility index (Phi) is 5.96. The maximum absolute atomic E-state index is 9.27. The predicted molar refractivity (Wildman–Crippen MR) is 110 cm³/mol. The molecule has 2 heterocycles. The fraction of sp³-hybridized carbons (Fsp3) is 0.238. The number of hydrogen-bond donors (Lipinski definition) is 2. The standard InChI is InChI=1S/C21H21N7O/c1-14(2)25-21-16(11-23)4-7-20(27-21)26-17-5-6-18(19(10-17)29-9-8-22)28-12-15(3)24-13-28/h4-7,10,12-14H,9H2,1-3H3,(H2,25,26,27). The second-order valence-corrected chi connectivity index (χ2v) is 6.68. The summed E-state index contributed by atoms with van der Waals surface area (Å²) in [5.74, 6) is 1.66. The lowest BCUT2D eigenvalue weighted by atomic mass is 10.2. The lowest BCUT2D eigenvalue weighted by molar-refractivity contribution is 0.367. The molecule has 0 radical (unpaired) electrons. The third-order valence-electron chi connectivity index (χ3n) is 3.96. The van der Waals surface area contributed by atoms with Crippen LogP contribution in [0.5, 0.6) is 5.75 Å². The Morgan fingerprint density at radius 2 is 2.03 bits per heavy atom. The van der Waals surface area contributed by atoms with Crippen LogP contribution >= 0.6 is 0 Å². The molecule has 0 atom stereocenters. The first kappa shape index (κ1) is 19.7. The molecule has 0 aliphatic rings. The third kappa shape index (κ3) is 4.82. The van der Waals surface area contributed by atoms with Crippen molar-refractivity contribution in [2.24, 2.45) is 0 Å². The molecule has 0 saturated heterocycles. The highest BCUT2D eigenvalue weighted by Gasteiger charge is 2.11. The van der Waals surface area contributed by atoms with Crippen LogP contribution in [-0.2, 0) is 0 Å². The van der Waals surface area contributed by atoms with Gasteiger partial charge in [-0.15, -0.1) is 0 Å². The molecular formula is C21H21N7O. The first-order chi connectivity index (χ1) is 14.0. The van der Waals surface area contributed by atoms with E-state index in [1.54, 1.807) is 24.5 Å². The quantitative estimate of drug-likeness (QED) is 0.632. The average Bonchev–Trinajstić information content (AvgIpc) is 3.12. The Morgan fingerprint density at radius 1 is 1.21 bits per heavy atom. The molecular weight excluding hydrogens is 366 g/mol. The maximum Gasteiger partial charge on any atom is 0.174 e. The van der Waals surface area contributed by atoms with Crippen molar-refractivity contribution in [1.82, 2.24) is 14.5 Å². The molecule has 29 heavy (non-hydrogen) atoms. The Bertz CT molecular complexity index is 1090. The van der Waals surface area contributed by atoms with Crippen LogP contribution in [0.3, 0.4) is 0 Å². The van der Waals surface area contributed by atoms with Crippen molar-refractivity contribution in [3.63, 3.8) is 0 Å². The molecule has 8 heteroatoms. The minimum Gasteiger partial charge on any atom is -0.476 e. The number of aryl methyl sites for hydroxylation is 1. The van der Waals surface area contributed by atoms with Crippen molar-refractivity contribution in [3.8, 4) is 23.6 Å². The van der Waals surface area contributed by atoms with Gasteiger partial charge in [0.15, 0.2) is 6.61 Å². The number of nitrogens with zero attached hydrogens (tertiary/aromatic N) is 5. The fourth-order valence-corrected chi connectivity index (χ4v) is 2.73. The minimum atomic E-state index is -0.0678. The van der Waals surface area contributed by atoms with Crippen molar-refractivity contribution < 1.29 is 4.74 Å². The number of pyridine rings is 1. The lowest BCUT2D eigenvalue weighted by Crippen LogP contribution is -2.13. The first-order valence-electron chi connectivity index (χ1n) is 9.09. The van der Waals surface area contributed by atoms with Crippen molar-refractivity contribution >= 4 is 17.3 Å². The zero-order valence-electron chi connectivity index (χ0n) is 16.5. The summed E-state index contributed by atoms with van der Waals surface area (Å²) in [6.07, 6.45) is 3.58. The number of ether oxygens (including phenoxy) is 1. The van der Waals surface area contributed by atoms with Gasteiger partial charge in [-0.05, 0) is 45.0 Å². The Morgan fingerprint density at radius 3 is 2.69 bits per heavy atom. The van der Waals surface area contributed by atoms with Crippen LogP contribution in [0.15, 0.2) is 42.9 Å². The Labute approximate surface area is 169 Å². The van der Waals surface area contributed by atoms with E-state index in [0.29, 0.717) is 22.9 Å². The van der Waals surface area contributed by atoms with E-state index in [-0.39, 0.29) is 12.6 Å². The van der Waals surface area contributed by atoms with Gasteiger partial charge in [0, 0.05) is 24.0 Å². The van der Waals surface area contributed by atoms with E-state index in [2.05, 4.69) is 26.7 Å². The molecule has 3 rings (SSSR count). The van der Waals surface area contributed by atoms with E-state index in [9.17, 15) is 5.26 Å². The molecule has 146 valence electrons. The number of nitrogens with one attached hydrogen (secondary N) is 2. The molecule has 0 aliphatic heterocycles. The maximum atomic E-state index is 9.27. The molecule has 0 fully saturated rings. The van der Waals surface area contributed by atoms with Gasteiger partial charge in [0.25, 0.3) is 0 Å². The number of aromatic nitrogens is 3. The molecule has 0 unspecified atom stereocenters. The smallest absolute Gasteiger partial charge is 0.174 e. The van der Waals surface area contributed by atoms with Gasteiger partial charge in [-0.2, -0.15) is 10.5 Å². The topological polar surface area (TPSA) is 112 Å². The molecule has 1 aromatic carbocycles.